The molecule has 1 aliphatic rings. The molecule has 0 aromatic heterocycles. The van der Waals surface area contributed by atoms with Gasteiger partial charge in [-0.05, 0) is 38.5 Å². The minimum absolute atomic E-state index is 0.0983. The summed E-state index contributed by atoms with van der Waals surface area (Å²) in [6.07, 6.45) is 30.9. The van der Waals surface area contributed by atoms with Gasteiger partial charge in [0.05, 0.1) is 0 Å². The Kier molecular flexibility index (Phi) is 19.6. The van der Waals surface area contributed by atoms with E-state index in [1.54, 1.807) is 0 Å². The van der Waals surface area contributed by atoms with Crippen molar-refractivity contribution in [2.45, 2.75) is 141 Å². The van der Waals surface area contributed by atoms with Gasteiger partial charge >= 0.3 is 0 Å². The zero-order valence-corrected chi connectivity index (χ0v) is 18.9. The summed E-state index contributed by atoms with van der Waals surface area (Å²) in [7, 11) is 0. The van der Waals surface area contributed by atoms with E-state index in [1.807, 2.05) is 6.08 Å². The molecule has 1 heterocycles. The summed E-state index contributed by atoms with van der Waals surface area (Å²) in [5.41, 5.74) is 0. The molecule has 1 fully saturated rings. The van der Waals surface area contributed by atoms with Crippen molar-refractivity contribution >= 4 is 0 Å². The van der Waals surface area contributed by atoms with Crippen LogP contribution in [0.15, 0.2) is 12.7 Å². The minimum Gasteiger partial charge on any atom is -0.353 e. The Morgan fingerprint density at radius 1 is 0.643 bits per heavy atom. The molecule has 1 atom stereocenters. The van der Waals surface area contributed by atoms with E-state index in [9.17, 15) is 0 Å². The lowest BCUT2D eigenvalue weighted by atomic mass is 10.0. The van der Waals surface area contributed by atoms with Crippen LogP contribution in [-0.4, -0.2) is 19.5 Å². The van der Waals surface area contributed by atoms with Crippen molar-refractivity contribution in [2.75, 3.05) is 13.2 Å². The largest absolute Gasteiger partial charge is 0.353 e. The van der Waals surface area contributed by atoms with Gasteiger partial charge in [0.1, 0.15) is 0 Å². The maximum atomic E-state index is 5.79. The third-order valence-corrected chi connectivity index (χ3v) is 5.99. The van der Waals surface area contributed by atoms with Crippen molar-refractivity contribution in [3.8, 4) is 0 Å². The van der Waals surface area contributed by atoms with Crippen LogP contribution in [0.2, 0.25) is 0 Å². The van der Waals surface area contributed by atoms with Gasteiger partial charge in [0.15, 0.2) is 6.29 Å². The van der Waals surface area contributed by atoms with E-state index in [-0.39, 0.29) is 6.29 Å². The number of unbranched alkanes of at least 4 members (excludes halogenated alkanes) is 17. The van der Waals surface area contributed by atoms with Gasteiger partial charge in [-0.3, -0.25) is 0 Å². The average molecular weight is 395 g/mol. The van der Waals surface area contributed by atoms with E-state index in [0.717, 1.165) is 19.6 Å². The summed E-state index contributed by atoms with van der Waals surface area (Å²) in [4.78, 5) is 0. The molecule has 1 unspecified atom stereocenters. The van der Waals surface area contributed by atoms with Crippen LogP contribution in [0.25, 0.3) is 0 Å². The maximum absolute atomic E-state index is 5.79. The van der Waals surface area contributed by atoms with E-state index in [2.05, 4.69) is 6.58 Å². The number of hydrogen-bond acceptors (Lipinski definition) is 2. The molecule has 1 aliphatic heterocycles. The van der Waals surface area contributed by atoms with Gasteiger partial charge in [-0.15, -0.1) is 6.58 Å². The molecule has 0 aromatic rings. The number of allylic oxidation sites excluding steroid dienone is 1. The molecule has 1 rings (SSSR count). The quantitative estimate of drug-likeness (QED) is 0.143. The second-order valence-electron chi connectivity index (χ2n) is 8.75. The smallest absolute Gasteiger partial charge is 0.157 e. The Morgan fingerprint density at radius 3 is 1.54 bits per heavy atom. The Labute approximate surface area is 176 Å². The Bertz CT molecular complexity index is 310. The zero-order chi connectivity index (χ0) is 20.0. The Morgan fingerprint density at radius 2 is 1.11 bits per heavy atom. The van der Waals surface area contributed by atoms with Crippen LogP contribution < -0.4 is 0 Å². The molecule has 0 bridgehead atoms. The average Bonchev–Trinajstić information content (AvgIpc) is 2.73. The highest BCUT2D eigenvalue weighted by Gasteiger charge is 2.13. The Balaban J connectivity index is 1.64. The first kappa shape index (κ1) is 25.7. The molecule has 0 spiro atoms. The molecule has 0 radical (unpaired) electrons. The van der Waals surface area contributed by atoms with Crippen molar-refractivity contribution in [1.29, 1.82) is 0 Å². The summed E-state index contributed by atoms with van der Waals surface area (Å²) in [6, 6.07) is 0. The summed E-state index contributed by atoms with van der Waals surface area (Å²) in [5.74, 6) is 0. The van der Waals surface area contributed by atoms with Crippen LogP contribution in [0, 0.1) is 0 Å². The molecule has 28 heavy (non-hydrogen) atoms. The van der Waals surface area contributed by atoms with Gasteiger partial charge in [0, 0.05) is 13.2 Å². The van der Waals surface area contributed by atoms with Crippen LogP contribution in [0.3, 0.4) is 0 Å². The molecule has 2 nitrogen and oxygen atoms in total. The predicted molar refractivity (Wildman–Crippen MR) is 123 cm³/mol. The van der Waals surface area contributed by atoms with Crippen molar-refractivity contribution in [3.63, 3.8) is 0 Å². The lowest BCUT2D eigenvalue weighted by Gasteiger charge is -2.22. The standard InChI is InChI=1S/C26H50O2/c1-2-3-4-5-6-7-8-9-10-11-12-13-14-15-16-17-18-19-21-24-27-26-23-20-22-25-28-26/h2,26H,1,3-25H2. The molecular weight excluding hydrogens is 344 g/mol. The zero-order valence-electron chi connectivity index (χ0n) is 18.9. The highest BCUT2D eigenvalue weighted by molar-refractivity contribution is 4.65. The number of ether oxygens (including phenoxy) is 2. The van der Waals surface area contributed by atoms with E-state index < -0.39 is 0 Å². The molecule has 166 valence electrons. The van der Waals surface area contributed by atoms with E-state index >= 15 is 0 Å². The SMILES string of the molecule is C=CCCCCCCCCCCCCCCCCCCCOC1CCCCO1. The molecular formula is C26H50O2. The summed E-state index contributed by atoms with van der Waals surface area (Å²) in [5, 5.41) is 0. The van der Waals surface area contributed by atoms with Crippen LogP contribution in [-0.2, 0) is 9.47 Å². The third kappa shape index (κ3) is 17.7. The van der Waals surface area contributed by atoms with Gasteiger partial charge in [0.25, 0.3) is 0 Å². The monoisotopic (exact) mass is 394 g/mol. The second-order valence-corrected chi connectivity index (χ2v) is 8.75. The van der Waals surface area contributed by atoms with E-state index in [4.69, 9.17) is 9.47 Å². The van der Waals surface area contributed by atoms with Crippen molar-refractivity contribution in [2.24, 2.45) is 0 Å². The third-order valence-electron chi connectivity index (χ3n) is 5.99. The van der Waals surface area contributed by atoms with E-state index in [1.165, 1.54) is 128 Å². The fourth-order valence-electron chi connectivity index (χ4n) is 4.10. The topological polar surface area (TPSA) is 18.5 Å². The number of rotatable bonds is 21. The first-order valence-electron chi connectivity index (χ1n) is 12.8. The number of hydrogen-bond donors (Lipinski definition) is 0. The van der Waals surface area contributed by atoms with Crippen molar-refractivity contribution < 1.29 is 9.47 Å². The van der Waals surface area contributed by atoms with Gasteiger partial charge in [-0.25, -0.2) is 0 Å². The highest BCUT2D eigenvalue weighted by atomic mass is 16.7. The highest BCUT2D eigenvalue weighted by Crippen LogP contribution is 2.16. The maximum Gasteiger partial charge on any atom is 0.157 e. The summed E-state index contributed by atoms with van der Waals surface area (Å²) >= 11 is 0. The molecule has 0 aliphatic carbocycles. The molecule has 0 amide bonds. The minimum atomic E-state index is 0.0983. The molecule has 0 aromatic carbocycles. The van der Waals surface area contributed by atoms with Crippen LogP contribution in [0.1, 0.15) is 135 Å². The van der Waals surface area contributed by atoms with Crippen LogP contribution in [0.4, 0.5) is 0 Å². The van der Waals surface area contributed by atoms with Gasteiger partial charge in [0.2, 0.25) is 0 Å². The molecule has 1 saturated heterocycles. The lowest BCUT2D eigenvalue weighted by Crippen LogP contribution is -2.22. The summed E-state index contributed by atoms with van der Waals surface area (Å²) < 4.78 is 11.4. The van der Waals surface area contributed by atoms with Gasteiger partial charge in [-0.2, -0.15) is 0 Å². The molecule has 2 heteroatoms. The summed E-state index contributed by atoms with van der Waals surface area (Å²) in [6.45, 7) is 5.56. The Hall–Kier alpha value is -0.340. The van der Waals surface area contributed by atoms with Gasteiger partial charge < -0.3 is 9.47 Å². The van der Waals surface area contributed by atoms with Crippen LogP contribution in [0.5, 0.6) is 0 Å². The lowest BCUT2D eigenvalue weighted by molar-refractivity contribution is -0.162. The van der Waals surface area contributed by atoms with Crippen molar-refractivity contribution in [3.05, 3.63) is 12.7 Å². The van der Waals surface area contributed by atoms with Crippen LogP contribution >= 0.6 is 0 Å². The first-order valence-corrected chi connectivity index (χ1v) is 12.8. The molecule has 0 N–H and O–H groups in total. The van der Waals surface area contributed by atoms with E-state index in [0.29, 0.717) is 0 Å². The molecule has 0 saturated carbocycles. The second kappa shape index (κ2) is 21.4. The fraction of sp³-hybridized carbons (Fsp3) is 0.923. The van der Waals surface area contributed by atoms with Crippen molar-refractivity contribution in [1.82, 2.24) is 0 Å². The predicted octanol–water partition coefficient (Wildman–Crippen LogP) is 8.74. The normalized spacial score (nSPS) is 17.1. The first-order chi connectivity index (χ1) is 13.9. The van der Waals surface area contributed by atoms with Gasteiger partial charge in [-0.1, -0.05) is 102 Å². The fourth-order valence-corrected chi connectivity index (χ4v) is 4.10.